The molecule has 6 nitrogen and oxygen atoms in total. The summed E-state index contributed by atoms with van der Waals surface area (Å²) in [5.41, 5.74) is 0. The van der Waals surface area contributed by atoms with Gasteiger partial charge in [0, 0.05) is 6.42 Å². The molecule has 0 radical (unpaired) electrons. The maximum atomic E-state index is 11.4. The molecule has 1 unspecified atom stereocenters. The largest absolute Gasteiger partial charge is 0.338 e. The molecule has 1 aromatic heterocycles. The van der Waals surface area contributed by atoms with Crippen molar-refractivity contribution in [3.8, 4) is 0 Å². The van der Waals surface area contributed by atoms with Crippen LogP contribution in [0.1, 0.15) is 49.9 Å². The van der Waals surface area contributed by atoms with E-state index < -0.39 is 9.84 Å². The monoisotopic (exact) mass is 299 g/mol. The van der Waals surface area contributed by atoms with Gasteiger partial charge in [-0.2, -0.15) is 4.98 Å². The molecular weight excluding hydrogens is 278 g/mol. The summed E-state index contributed by atoms with van der Waals surface area (Å²) in [6, 6.07) is 0.191. The lowest BCUT2D eigenvalue weighted by molar-refractivity contribution is 0.295. The molecule has 2 aliphatic heterocycles. The van der Waals surface area contributed by atoms with E-state index in [0.29, 0.717) is 36.2 Å². The Hall–Kier alpha value is -0.950. The summed E-state index contributed by atoms with van der Waals surface area (Å²) in [5.74, 6) is 2.36. The molecule has 2 aliphatic rings. The Kier molecular flexibility index (Phi) is 4.07. The Bertz CT molecular complexity index is 535. The normalized spacial score (nSPS) is 27.5. The van der Waals surface area contributed by atoms with Crippen LogP contribution in [0.3, 0.4) is 0 Å². The highest BCUT2D eigenvalue weighted by Crippen LogP contribution is 2.24. The Morgan fingerprint density at radius 3 is 2.70 bits per heavy atom. The summed E-state index contributed by atoms with van der Waals surface area (Å²) < 4.78 is 28.1. The molecule has 0 spiro atoms. The molecule has 3 heterocycles. The molecule has 0 aromatic carbocycles. The predicted octanol–water partition coefficient (Wildman–Crippen LogP) is 1.25. The van der Waals surface area contributed by atoms with E-state index in [9.17, 15) is 8.42 Å². The molecule has 0 aliphatic carbocycles. The molecule has 0 amide bonds. The zero-order chi connectivity index (χ0) is 14.0. The summed E-state index contributed by atoms with van der Waals surface area (Å²) >= 11 is 0. The minimum absolute atomic E-state index is 0.191. The molecular formula is C13H21N3O3S. The van der Waals surface area contributed by atoms with Crippen molar-refractivity contribution in [3.05, 3.63) is 11.7 Å². The smallest absolute Gasteiger partial charge is 0.243 e. The molecule has 1 aromatic rings. The predicted molar refractivity (Wildman–Crippen MR) is 74.0 cm³/mol. The molecule has 112 valence electrons. The van der Waals surface area contributed by atoms with E-state index in [1.165, 1.54) is 12.8 Å². The number of sulfone groups is 1. The van der Waals surface area contributed by atoms with Gasteiger partial charge in [0.25, 0.3) is 0 Å². The van der Waals surface area contributed by atoms with E-state index in [4.69, 9.17) is 4.52 Å². The van der Waals surface area contributed by atoms with E-state index in [1.807, 2.05) is 0 Å². The minimum atomic E-state index is -2.79. The Morgan fingerprint density at radius 2 is 2.00 bits per heavy atom. The average molecular weight is 299 g/mol. The fraction of sp³-hybridized carbons (Fsp3) is 0.846. The second kappa shape index (κ2) is 5.81. The molecule has 3 rings (SSSR count). The first kappa shape index (κ1) is 14.0. The highest BCUT2D eigenvalue weighted by atomic mass is 32.2. The van der Waals surface area contributed by atoms with Crippen LogP contribution in [0.2, 0.25) is 0 Å². The first-order valence-corrected chi connectivity index (χ1v) is 9.21. The van der Waals surface area contributed by atoms with Gasteiger partial charge in [-0.3, -0.25) is 0 Å². The Morgan fingerprint density at radius 1 is 1.20 bits per heavy atom. The van der Waals surface area contributed by atoms with Crippen molar-refractivity contribution in [3.63, 3.8) is 0 Å². The standard InChI is InChI=1S/C13H21N3O3S/c17-20(18)7-4-10(5-8-20)9-12-15-13(19-16-12)11-3-1-2-6-14-11/h10-11,14H,1-9H2. The number of nitrogens with zero attached hydrogens (tertiary/aromatic N) is 2. The van der Waals surface area contributed by atoms with Crippen LogP contribution in [-0.4, -0.2) is 36.6 Å². The lowest BCUT2D eigenvalue weighted by atomic mass is 9.98. The van der Waals surface area contributed by atoms with Crippen molar-refractivity contribution in [2.75, 3.05) is 18.1 Å². The van der Waals surface area contributed by atoms with Crippen LogP contribution in [-0.2, 0) is 16.3 Å². The van der Waals surface area contributed by atoms with Crippen LogP contribution in [0.15, 0.2) is 4.52 Å². The number of hydrogen-bond donors (Lipinski definition) is 1. The molecule has 1 N–H and O–H groups in total. The van der Waals surface area contributed by atoms with Gasteiger partial charge in [0.15, 0.2) is 5.82 Å². The Labute approximate surface area is 119 Å². The fourth-order valence-electron chi connectivity index (χ4n) is 2.96. The van der Waals surface area contributed by atoms with E-state index in [0.717, 1.165) is 25.2 Å². The van der Waals surface area contributed by atoms with Crippen LogP contribution >= 0.6 is 0 Å². The number of nitrogens with one attached hydrogen (secondary N) is 1. The zero-order valence-electron chi connectivity index (χ0n) is 11.5. The molecule has 0 bridgehead atoms. The van der Waals surface area contributed by atoms with E-state index in [-0.39, 0.29) is 6.04 Å². The maximum Gasteiger partial charge on any atom is 0.243 e. The second-order valence-electron chi connectivity index (χ2n) is 5.85. The second-order valence-corrected chi connectivity index (χ2v) is 8.15. The molecule has 0 saturated carbocycles. The van der Waals surface area contributed by atoms with E-state index >= 15 is 0 Å². The third-order valence-corrected chi connectivity index (χ3v) is 5.95. The van der Waals surface area contributed by atoms with Gasteiger partial charge < -0.3 is 9.84 Å². The number of aromatic nitrogens is 2. The van der Waals surface area contributed by atoms with Gasteiger partial charge >= 0.3 is 0 Å². The SMILES string of the molecule is O=S1(=O)CCC(Cc2noc(C3CCCCN3)n2)CC1. The number of rotatable bonds is 3. The van der Waals surface area contributed by atoms with E-state index in [2.05, 4.69) is 15.5 Å². The van der Waals surface area contributed by atoms with Gasteiger partial charge in [-0.05, 0) is 38.1 Å². The molecule has 7 heteroatoms. The fourth-order valence-corrected chi connectivity index (χ4v) is 4.54. The first-order chi connectivity index (χ1) is 9.62. The molecule has 1 atom stereocenters. The summed E-state index contributed by atoms with van der Waals surface area (Å²) in [5, 5.41) is 7.43. The van der Waals surface area contributed by atoms with Crippen LogP contribution in [0.25, 0.3) is 0 Å². The quantitative estimate of drug-likeness (QED) is 0.904. The number of piperidine rings is 1. The minimum Gasteiger partial charge on any atom is -0.338 e. The summed E-state index contributed by atoms with van der Waals surface area (Å²) in [4.78, 5) is 4.47. The van der Waals surface area contributed by atoms with Crippen molar-refractivity contribution in [1.82, 2.24) is 15.5 Å². The van der Waals surface area contributed by atoms with Gasteiger partial charge in [-0.15, -0.1) is 0 Å². The van der Waals surface area contributed by atoms with Gasteiger partial charge in [-0.25, -0.2) is 8.42 Å². The third kappa shape index (κ3) is 3.38. The van der Waals surface area contributed by atoms with E-state index in [1.54, 1.807) is 0 Å². The molecule has 2 fully saturated rings. The summed E-state index contributed by atoms with van der Waals surface area (Å²) in [7, 11) is -2.79. The van der Waals surface area contributed by atoms with Crippen LogP contribution < -0.4 is 5.32 Å². The van der Waals surface area contributed by atoms with Gasteiger partial charge in [0.05, 0.1) is 17.5 Å². The van der Waals surface area contributed by atoms with Crippen molar-refractivity contribution in [1.29, 1.82) is 0 Å². The summed E-state index contributed by atoms with van der Waals surface area (Å²) in [6.45, 7) is 1.00. The van der Waals surface area contributed by atoms with Crippen molar-refractivity contribution >= 4 is 9.84 Å². The highest BCUT2D eigenvalue weighted by molar-refractivity contribution is 7.91. The maximum absolute atomic E-state index is 11.4. The van der Waals surface area contributed by atoms with Gasteiger partial charge in [-0.1, -0.05) is 11.6 Å². The van der Waals surface area contributed by atoms with Crippen LogP contribution in [0.4, 0.5) is 0 Å². The molecule has 2 saturated heterocycles. The van der Waals surface area contributed by atoms with Gasteiger partial charge in [0.1, 0.15) is 9.84 Å². The Balaban J connectivity index is 1.57. The topological polar surface area (TPSA) is 85.1 Å². The van der Waals surface area contributed by atoms with Crippen molar-refractivity contribution in [2.24, 2.45) is 5.92 Å². The number of hydrogen-bond acceptors (Lipinski definition) is 6. The van der Waals surface area contributed by atoms with Crippen molar-refractivity contribution < 1.29 is 12.9 Å². The van der Waals surface area contributed by atoms with Crippen LogP contribution in [0.5, 0.6) is 0 Å². The first-order valence-electron chi connectivity index (χ1n) is 7.39. The molecule has 20 heavy (non-hydrogen) atoms. The average Bonchev–Trinajstić information content (AvgIpc) is 2.91. The lowest BCUT2D eigenvalue weighted by Crippen LogP contribution is -2.27. The summed E-state index contributed by atoms with van der Waals surface area (Å²) in [6.07, 6.45) is 5.60. The van der Waals surface area contributed by atoms with Crippen molar-refractivity contribution in [2.45, 2.75) is 44.6 Å². The van der Waals surface area contributed by atoms with Crippen LogP contribution in [0, 0.1) is 5.92 Å². The lowest BCUT2D eigenvalue weighted by Gasteiger charge is -2.20. The zero-order valence-corrected chi connectivity index (χ0v) is 12.4. The highest BCUT2D eigenvalue weighted by Gasteiger charge is 2.26. The third-order valence-electron chi connectivity index (χ3n) is 4.24. The van der Waals surface area contributed by atoms with Gasteiger partial charge in [0.2, 0.25) is 5.89 Å².